The van der Waals surface area contributed by atoms with E-state index in [1.165, 1.54) is 0 Å². The fraction of sp³-hybridized carbons (Fsp3) is 0.667. The topological polar surface area (TPSA) is 105 Å². The summed E-state index contributed by atoms with van der Waals surface area (Å²) in [6, 6.07) is -0.471. The van der Waals surface area contributed by atoms with Gasteiger partial charge in [-0.25, -0.2) is 13.4 Å². The highest BCUT2D eigenvalue weighted by Gasteiger charge is 2.17. The number of carbonyl (C=O) groups is 1. The zero-order chi connectivity index (χ0) is 13.1. The molecule has 1 aromatic heterocycles. The molecular formula is C9H16N4O3S. The maximum Gasteiger partial charge on any atom is 0.291 e. The van der Waals surface area contributed by atoms with Gasteiger partial charge >= 0.3 is 0 Å². The first-order valence-corrected chi connectivity index (χ1v) is 7.27. The van der Waals surface area contributed by atoms with Crippen LogP contribution in [0.4, 0.5) is 0 Å². The van der Waals surface area contributed by atoms with Crippen molar-refractivity contribution in [3.05, 3.63) is 11.6 Å². The molecule has 7 nitrogen and oxygen atoms in total. The summed E-state index contributed by atoms with van der Waals surface area (Å²) in [5, 5.41) is 8.88. The fourth-order valence-electron chi connectivity index (χ4n) is 1.34. The molecule has 0 aliphatic rings. The van der Waals surface area contributed by atoms with Gasteiger partial charge in [0.1, 0.15) is 15.7 Å². The average molecular weight is 260 g/mol. The minimum Gasteiger partial charge on any atom is -0.346 e. The van der Waals surface area contributed by atoms with Crippen molar-refractivity contribution in [1.29, 1.82) is 0 Å². The van der Waals surface area contributed by atoms with E-state index in [-0.39, 0.29) is 11.6 Å². The molecule has 8 heteroatoms. The van der Waals surface area contributed by atoms with Gasteiger partial charge in [-0.2, -0.15) is 0 Å². The molecule has 1 amide bonds. The lowest BCUT2D eigenvalue weighted by molar-refractivity contribution is 0.0933. The number of aryl methyl sites for hydroxylation is 1. The van der Waals surface area contributed by atoms with Crippen LogP contribution in [0.2, 0.25) is 0 Å². The Morgan fingerprint density at radius 2 is 2.18 bits per heavy atom. The molecule has 17 heavy (non-hydrogen) atoms. The number of nitrogens with one attached hydrogen (secondary N) is 2. The molecule has 1 unspecified atom stereocenters. The van der Waals surface area contributed by atoms with Gasteiger partial charge in [0, 0.05) is 18.7 Å². The van der Waals surface area contributed by atoms with Gasteiger partial charge in [-0.05, 0) is 6.92 Å². The molecular weight excluding hydrogens is 244 g/mol. The first-order valence-electron chi connectivity index (χ1n) is 5.21. The molecule has 1 atom stereocenters. The highest BCUT2D eigenvalue weighted by Crippen LogP contribution is 1.96. The first-order chi connectivity index (χ1) is 7.81. The summed E-state index contributed by atoms with van der Waals surface area (Å²) < 4.78 is 22.0. The van der Waals surface area contributed by atoms with Gasteiger partial charge in [-0.1, -0.05) is 6.92 Å². The zero-order valence-electron chi connectivity index (χ0n) is 10.0. The predicted octanol–water partition coefficient (Wildman–Crippen LogP) is -0.470. The molecule has 1 heterocycles. The first kappa shape index (κ1) is 13.6. The van der Waals surface area contributed by atoms with E-state index in [0.717, 1.165) is 6.26 Å². The number of hydrogen-bond acceptors (Lipinski definition) is 5. The molecule has 2 N–H and O–H groups in total. The maximum absolute atomic E-state index is 11.6. The van der Waals surface area contributed by atoms with Gasteiger partial charge in [0.2, 0.25) is 5.82 Å². The van der Waals surface area contributed by atoms with Gasteiger partial charge in [-0.15, -0.1) is 5.10 Å². The number of nitrogens with zero attached hydrogens (tertiary/aromatic N) is 2. The van der Waals surface area contributed by atoms with E-state index in [1.807, 2.05) is 6.92 Å². The van der Waals surface area contributed by atoms with Crippen LogP contribution in [0.1, 0.15) is 30.3 Å². The van der Waals surface area contributed by atoms with Crippen LogP contribution in [-0.4, -0.2) is 47.6 Å². The van der Waals surface area contributed by atoms with E-state index < -0.39 is 21.8 Å². The van der Waals surface area contributed by atoms with Gasteiger partial charge < -0.3 is 5.32 Å². The second-order valence-electron chi connectivity index (χ2n) is 3.93. The van der Waals surface area contributed by atoms with Crippen molar-refractivity contribution in [3.63, 3.8) is 0 Å². The summed E-state index contributed by atoms with van der Waals surface area (Å²) in [7, 11) is -3.11. The Balaban J connectivity index is 2.60. The molecule has 0 aliphatic carbocycles. The lowest BCUT2D eigenvalue weighted by atomic mass is 10.4. The number of H-pyrrole nitrogens is 1. The van der Waals surface area contributed by atoms with Crippen molar-refractivity contribution in [2.45, 2.75) is 26.3 Å². The number of hydrogen-bond donors (Lipinski definition) is 2. The molecule has 96 valence electrons. The SMILES string of the molecule is CCc1nc(C(=O)NC(C)CS(C)(=O)=O)n[nH]1. The number of aromatic nitrogens is 3. The Morgan fingerprint density at radius 1 is 1.53 bits per heavy atom. The number of carbonyl (C=O) groups excluding carboxylic acids is 1. The summed E-state index contributed by atoms with van der Waals surface area (Å²) >= 11 is 0. The smallest absolute Gasteiger partial charge is 0.291 e. The molecule has 0 aliphatic heterocycles. The van der Waals surface area contributed by atoms with Crippen molar-refractivity contribution in [2.24, 2.45) is 0 Å². The molecule has 0 aromatic carbocycles. The van der Waals surface area contributed by atoms with Gasteiger partial charge in [-0.3, -0.25) is 9.89 Å². The standard InChI is InChI=1S/C9H16N4O3S/c1-4-7-11-8(13-12-7)9(14)10-6(2)5-17(3,15)16/h6H,4-5H2,1-3H3,(H,10,14)(H,11,12,13). The third kappa shape index (κ3) is 4.51. The Hall–Kier alpha value is -1.44. The van der Waals surface area contributed by atoms with Crippen molar-refractivity contribution in [3.8, 4) is 0 Å². The van der Waals surface area contributed by atoms with Gasteiger partial charge in [0.15, 0.2) is 0 Å². The lowest BCUT2D eigenvalue weighted by Crippen LogP contribution is -2.37. The summed E-state index contributed by atoms with van der Waals surface area (Å²) in [5.74, 6) is 0.0642. The number of aromatic amines is 1. The van der Waals surface area contributed by atoms with E-state index >= 15 is 0 Å². The molecule has 0 saturated carbocycles. The van der Waals surface area contributed by atoms with E-state index in [1.54, 1.807) is 6.92 Å². The van der Waals surface area contributed by atoms with Crippen LogP contribution in [0.15, 0.2) is 0 Å². The zero-order valence-corrected chi connectivity index (χ0v) is 10.8. The minimum absolute atomic E-state index is 0.0298. The Kier molecular flexibility index (Phi) is 4.22. The number of amides is 1. The predicted molar refractivity (Wildman–Crippen MR) is 62.4 cm³/mol. The molecule has 0 fully saturated rings. The Labute approximate surface area is 99.9 Å². The van der Waals surface area contributed by atoms with Crippen molar-refractivity contribution in [2.75, 3.05) is 12.0 Å². The summed E-state index contributed by atoms with van der Waals surface area (Å²) in [6.07, 6.45) is 1.77. The van der Waals surface area contributed by atoms with E-state index in [9.17, 15) is 13.2 Å². The lowest BCUT2D eigenvalue weighted by Gasteiger charge is -2.10. The summed E-state index contributed by atoms with van der Waals surface area (Å²) in [6.45, 7) is 3.50. The normalized spacial score (nSPS) is 13.4. The van der Waals surface area contributed by atoms with Crippen molar-refractivity contribution in [1.82, 2.24) is 20.5 Å². The third-order valence-corrected chi connectivity index (χ3v) is 3.11. The highest BCUT2D eigenvalue weighted by atomic mass is 32.2. The van der Waals surface area contributed by atoms with Crippen LogP contribution >= 0.6 is 0 Å². The van der Waals surface area contributed by atoms with Crippen LogP contribution in [-0.2, 0) is 16.3 Å². The van der Waals surface area contributed by atoms with Crippen molar-refractivity contribution >= 4 is 15.7 Å². The monoisotopic (exact) mass is 260 g/mol. The fourth-order valence-corrected chi connectivity index (χ4v) is 2.33. The van der Waals surface area contributed by atoms with Gasteiger partial charge in [0.25, 0.3) is 5.91 Å². The van der Waals surface area contributed by atoms with E-state index in [0.29, 0.717) is 12.2 Å². The van der Waals surface area contributed by atoms with E-state index in [4.69, 9.17) is 0 Å². The van der Waals surface area contributed by atoms with Crippen LogP contribution in [0.25, 0.3) is 0 Å². The maximum atomic E-state index is 11.6. The summed E-state index contributed by atoms with van der Waals surface area (Å²) in [5.41, 5.74) is 0. The van der Waals surface area contributed by atoms with Crippen LogP contribution in [0.5, 0.6) is 0 Å². The number of sulfone groups is 1. The van der Waals surface area contributed by atoms with Gasteiger partial charge in [0.05, 0.1) is 5.75 Å². The quantitative estimate of drug-likeness (QED) is 0.744. The Bertz CT molecular complexity index is 494. The minimum atomic E-state index is -3.11. The molecule has 0 radical (unpaired) electrons. The molecule has 1 rings (SSSR count). The molecule has 0 bridgehead atoms. The van der Waals surface area contributed by atoms with Crippen LogP contribution in [0.3, 0.4) is 0 Å². The average Bonchev–Trinajstić information content (AvgIpc) is 2.62. The Morgan fingerprint density at radius 3 is 2.65 bits per heavy atom. The third-order valence-electron chi connectivity index (χ3n) is 2.00. The molecule has 0 saturated heterocycles. The van der Waals surface area contributed by atoms with Crippen LogP contribution < -0.4 is 5.32 Å². The largest absolute Gasteiger partial charge is 0.346 e. The number of rotatable bonds is 5. The second kappa shape index (κ2) is 5.26. The summed E-state index contributed by atoms with van der Waals surface area (Å²) in [4.78, 5) is 15.6. The van der Waals surface area contributed by atoms with E-state index in [2.05, 4.69) is 20.5 Å². The molecule has 0 spiro atoms. The molecule has 1 aromatic rings. The van der Waals surface area contributed by atoms with Crippen LogP contribution in [0, 0.1) is 0 Å². The highest BCUT2D eigenvalue weighted by molar-refractivity contribution is 7.90. The van der Waals surface area contributed by atoms with Crippen molar-refractivity contribution < 1.29 is 13.2 Å². The second-order valence-corrected chi connectivity index (χ2v) is 6.11.